The Kier molecular flexibility index (Phi) is 8.24. The van der Waals surface area contributed by atoms with Crippen LogP contribution in [0.2, 0.25) is 0 Å². The molecule has 4 aromatic rings. The fraction of sp³-hybridized carbons (Fsp3) is 0.206. The zero-order valence-corrected chi connectivity index (χ0v) is 23.8. The topological polar surface area (TPSA) is 111 Å². The molecule has 0 bridgehead atoms. The Morgan fingerprint density at radius 2 is 1.55 bits per heavy atom. The first-order valence-electron chi connectivity index (χ1n) is 13.9. The summed E-state index contributed by atoms with van der Waals surface area (Å²) in [6.07, 6.45) is 0.959. The van der Waals surface area contributed by atoms with Gasteiger partial charge in [-0.3, -0.25) is 14.4 Å². The zero-order chi connectivity index (χ0) is 29.8. The summed E-state index contributed by atoms with van der Waals surface area (Å²) in [5, 5.41) is 2.66. The Hall–Kier alpha value is -5.11. The van der Waals surface area contributed by atoms with Crippen molar-refractivity contribution in [2.24, 2.45) is 0 Å². The molecule has 0 aromatic heterocycles. The fourth-order valence-corrected chi connectivity index (χ4v) is 5.03. The number of carbonyl (C=O) groups excluding carboxylic acids is 3. The van der Waals surface area contributed by atoms with Gasteiger partial charge in [-0.1, -0.05) is 49.4 Å². The lowest BCUT2D eigenvalue weighted by molar-refractivity contribution is -0.131. The number of amides is 3. The number of ether oxygens (including phenoxy) is 2. The van der Waals surface area contributed by atoms with Crippen molar-refractivity contribution in [2.75, 3.05) is 17.2 Å². The van der Waals surface area contributed by atoms with E-state index in [1.54, 1.807) is 56.3 Å². The van der Waals surface area contributed by atoms with Crippen LogP contribution < -0.4 is 25.4 Å². The van der Waals surface area contributed by atoms with E-state index in [2.05, 4.69) is 12.2 Å². The predicted molar refractivity (Wildman–Crippen MR) is 163 cm³/mol. The third-order valence-corrected chi connectivity index (χ3v) is 7.33. The van der Waals surface area contributed by atoms with Gasteiger partial charge in [-0.25, -0.2) is 4.90 Å². The molecule has 1 unspecified atom stereocenters. The van der Waals surface area contributed by atoms with Crippen LogP contribution in [-0.4, -0.2) is 30.4 Å². The van der Waals surface area contributed by atoms with Gasteiger partial charge in [0.15, 0.2) is 6.61 Å². The minimum absolute atomic E-state index is 0.310. The summed E-state index contributed by atoms with van der Waals surface area (Å²) >= 11 is 0. The monoisotopic (exact) mass is 563 g/mol. The maximum absolute atomic E-state index is 13.7. The van der Waals surface area contributed by atoms with Gasteiger partial charge in [0.25, 0.3) is 11.8 Å². The van der Waals surface area contributed by atoms with Crippen LogP contribution in [0.1, 0.15) is 37.8 Å². The Bertz CT molecular complexity index is 1620. The molecule has 0 saturated heterocycles. The summed E-state index contributed by atoms with van der Waals surface area (Å²) in [7, 11) is 0. The smallest absolute Gasteiger partial charge is 0.258 e. The number of anilines is 2. The van der Waals surface area contributed by atoms with E-state index in [1.807, 2.05) is 48.5 Å². The molecule has 8 heteroatoms. The Morgan fingerprint density at radius 3 is 2.24 bits per heavy atom. The second-order valence-corrected chi connectivity index (χ2v) is 10.2. The second kappa shape index (κ2) is 12.2. The molecule has 1 aliphatic heterocycles. The summed E-state index contributed by atoms with van der Waals surface area (Å²) in [5.74, 6) is -0.216. The molecule has 1 aliphatic rings. The number of benzene rings is 4. The average Bonchev–Trinajstić information content (AvgIpc) is 3.09. The number of nitrogens with one attached hydrogen (secondary N) is 1. The van der Waals surface area contributed by atoms with E-state index in [9.17, 15) is 14.4 Å². The van der Waals surface area contributed by atoms with Crippen molar-refractivity contribution in [3.8, 4) is 28.4 Å². The third-order valence-electron chi connectivity index (χ3n) is 7.33. The van der Waals surface area contributed by atoms with Crippen LogP contribution in [0.4, 0.5) is 11.4 Å². The van der Waals surface area contributed by atoms with Crippen molar-refractivity contribution in [1.29, 1.82) is 0 Å². The molecule has 0 spiro atoms. The highest BCUT2D eigenvalue weighted by Crippen LogP contribution is 2.44. The predicted octanol–water partition coefficient (Wildman–Crippen LogP) is 5.85. The van der Waals surface area contributed by atoms with Gasteiger partial charge in [-0.15, -0.1) is 0 Å². The number of nitrogens with zero attached hydrogens (tertiary/aromatic N) is 1. The number of rotatable bonds is 8. The highest BCUT2D eigenvalue weighted by Gasteiger charge is 2.37. The lowest BCUT2D eigenvalue weighted by Crippen LogP contribution is -2.51. The molecular weight excluding hydrogens is 530 g/mol. The fourth-order valence-electron chi connectivity index (χ4n) is 5.03. The van der Waals surface area contributed by atoms with E-state index < -0.39 is 29.7 Å². The molecule has 0 aliphatic carbocycles. The van der Waals surface area contributed by atoms with Crippen molar-refractivity contribution >= 4 is 29.1 Å². The molecule has 3 N–H and O–H groups in total. The van der Waals surface area contributed by atoms with E-state index in [-0.39, 0.29) is 6.61 Å². The molecule has 0 fully saturated rings. The summed E-state index contributed by atoms with van der Waals surface area (Å²) in [6, 6.07) is 26.4. The highest BCUT2D eigenvalue weighted by atomic mass is 16.5. The minimum atomic E-state index is -0.998. The number of carbonyl (C=O) groups is 3. The van der Waals surface area contributed by atoms with Crippen LogP contribution in [0.15, 0.2) is 91.0 Å². The van der Waals surface area contributed by atoms with E-state index in [0.29, 0.717) is 28.4 Å². The number of aryl methyl sites for hydroxylation is 1. The molecule has 8 nitrogen and oxygen atoms in total. The van der Waals surface area contributed by atoms with Crippen molar-refractivity contribution in [1.82, 2.24) is 5.32 Å². The van der Waals surface area contributed by atoms with Gasteiger partial charge in [0.2, 0.25) is 5.91 Å². The third kappa shape index (κ3) is 5.83. The maximum atomic E-state index is 13.7. The summed E-state index contributed by atoms with van der Waals surface area (Å²) < 4.78 is 11.5. The van der Waals surface area contributed by atoms with Crippen molar-refractivity contribution in [3.05, 3.63) is 102 Å². The first-order chi connectivity index (χ1) is 20.3. The largest absolute Gasteiger partial charge is 0.484 e. The first kappa shape index (κ1) is 28.4. The number of nitrogen functional groups attached to an aromatic ring is 1. The quantitative estimate of drug-likeness (QED) is 0.260. The van der Waals surface area contributed by atoms with Crippen LogP contribution in [0, 0.1) is 0 Å². The molecule has 4 aromatic carbocycles. The van der Waals surface area contributed by atoms with Gasteiger partial charge in [-0.2, -0.15) is 0 Å². The molecule has 3 amide bonds. The molecule has 214 valence electrons. The average molecular weight is 564 g/mol. The number of fused-ring (bicyclic) bond motifs is 3. The van der Waals surface area contributed by atoms with Crippen LogP contribution in [-0.2, 0) is 20.8 Å². The lowest BCUT2D eigenvalue weighted by atomic mass is 9.92. The van der Waals surface area contributed by atoms with E-state index >= 15 is 0 Å². The van der Waals surface area contributed by atoms with Gasteiger partial charge in [0, 0.05) is 11.3 Å². The molecule has 0 saturated carbocycles. The highest BCUT2D eigenvalue weighted by molar-refractivity contribution is 6.22. The molecule has 0 radical (unpaired) electrons. The minimum Gasteiger partial charge on any atom is -0.484 e. The summed E-state index contributed by atoms with van der Waals surface area (Å²) in [6.45, 7) is 5.09. The first-order valence-corrected chi connectivity index (χ1v) is 13.9. The number of imide groups is 1. The number of hydrogen-bond acceptors (Lipinski definition) is 6. The molecule has 2 atom stereocenters. The standard InChI is InChI=1S/C34H33N3O5/c1-4-23-12-14-25(15-13-23)42-26-18-16-24(17-19-26)41-20-31(38)36-22(3)34(40)37-30-11-7-10-29(35)32(30)28-9-6-5-8-27(28)21(2)33(37)39/h5-19,21-22H,4,20,35H2,1-3H3,(H,36,38)/t21?,22-/m0/s1. The molecule has 5 rings (SSSR count). The molecular formula is C34H33N3O5. The van der Waals surface area contributed by atoms with Crippen molar-refractivity contribution in [3.63, 3.8) is 0 Å². The van der Waals surface area contributed by atoms with Gasteiger partial charge >= 0.3 is 0 Å². The summed E-state index contributed by atoms with van der Waals surface area (Å²) in [5.41, 5.74) is 10.6. The SMILES string of the molecule is CCc1ccc(Oc2ccc(OCC(=O)N[C@@H](C)C(=O)N3C(=O)C(C)c4ccccc4-c4c(N)cccc43)cc2)cc1. The number of nitrogens with two attached hydrogens (primary N) is 1. The van der Waals surface area contributed by atoms with Gasteiger partial charge in [0.05, 0.1) is 11.6 Å². The normalized spacial score (nSPS) is 14.7. The van der Waals surface area contributed by atoms with Crippen LogP contribution in [0.3, 0.4) is 0 Å². The Labute approximate surface area is 245 Å². The molecule has 1 heterocycles. The Morgan fingerprint density at radius 1 is 0.905 bits per heavy atom. The van der Waals surface area contributed by atoms with Crippen LogP contribution in [0.25, 0.3) is 11.1 Å². The second-order valence-electron chi connectivity index (χ2n) is 10.2. The van der Waals surface area contributed by atoms with Gasteiger partial charge < -0.3 is 20.5 Å². The maximum Gasteiger partial charge on any atom is 0.258 e. The van der Waals surface area contributed by atoms with Gasteiger partial charge in [0.1, 0.15) is 23.3 Å². The summed E-state index contributed by atoms with van der Waals surface area (Å²) in [4.78, 5) is 41.1. The lowest BCUT2D eigenvalue weighted by Gasteiger charge is -2.26. The van der Waals surface area contributed by atoms with Gasteiger partial charge in [-0.05, 0) is 85.5 Å². The van der Waals surface area contributed by atoms with Crippen LogP contribution >= 0.6 is 0 Å². The van der Waals surface area contributed by atoms with Crippen LogP contribution in [0.5, 0.6) is 17.2 Å². The van der Waals surface area contributed by atoms with E-state index in [1.165, 1.54) is 5.56 Å². The number of hydrogen-bond donors (Lipinski definition) is 2. The van der Waals surface area contributed by atoms with Crippen molar-refractivity contribution < 1.29 is 23.9 Å². The van der Waals surface area contributed by atoms with E-state index in [4.69, 9.17) is 15.2 Å². The Balaban J connectivity index is 1.23. The zero-order valence-electron chi connectivity index (χ0n) is 23.8. The van der Waals surface area contributed by atoms with E-state index in [0.717, 1.165) is 28.2 Å². The van der Waals surface area contributed by atoms with Crippen molar-refractivity contribution in [2.45, 2.75) is 39.2 Å². The molecule has 42 heavy (non-hydrogen) atoms.